The van der Waals surface area contributed by atoms with Crippen molar-refractivity contribution in [3.8, 4) is 0 Å². The van der Waals surface area contributed by atoms with Gasteiger partial charge in [-0.3, -0.25) is 4.79 Å². The largest absolute Gasteiger partial charge is 0.338 e. The molecule has 0 saturated heterocycles. The summed E-state index contributed by atoms with van der Waals surface area (Å²) in [5, 5.41) is 1.15. The molecular weight excluding hydrogens is 353 g/mol. The lowest BCUT2D eigenvalue weighted by molar-refractivity contribution is -0.132. The molecule has 4 nitrogen and oxygen atoms in total. The van der Waals surface area contributed by atoms with Gasteiger partial charge in [0.15, 0.2) is 0 Å². The molecular formula is C16H29Cl2N3OS. The molecule has 2 N–H and O–H groups in total. The lowest BCUT2D eigenvalue weighted by atomic mass is 9.99. The van der Waals surface area contributed by atoms with Crippen molar-refractivity contribution in [3.63, 3.8) is 0 Å². The van der Waals surface area contributed by atoms with Gasteiger partial charge >= 0.3 is 0 Å². The summed E-state index contributed by atoms with van der Waals surface area (Å²) in [6, 6.07) is 0.294. The van der Waals surface area contributed by atoms with Crippen LogP contribution < -0.4 is 5.73 Å². The number of nitrogens with zero attached hydrogens (tertiary/aromatic N) is 2. The summed E-state index contributed by atoms with van der Waals surface area (Å²) in [6.45, 7) is 6.24. The van der Waals surface area contributed by atoms with Crippen LogP contribution in [0.25, 0.3) is 0 Å². The molecule has 23 heavy (non-hydrogen) atoms. The first kappa shape index (κ1) is 22.6. The van der Waals surface area contributed by atoms with Crippen molar-refractivity contribution in [2.45, 2.75) is 65.0 Å². The van der Waals surface area contributed by atoms with Gasteiger partial charge in [0.1, 0.15) is 0 Å². The second-order valence-electron chi connectivity index (χ2n) is 6.15. The van der Waals surface area contributed by atoms with Gasteiger partial charge in [0.05, 0.1) is 16.7 Å². The highest BCUT2D eigenvalue weighted by Crippen LogP contribution is 2.31. The summed E-state index contributed by atoms with van der Waals surface area (Å²) < 4.78 is 0. The molecule has 1 fully saturated rings. The van der Waals surface area contributed by atoms with Gasteiger partial charge in [-0.15, -0.1) is 36.2 Å². The molecule has 1 aromatic heterocycles. The number of hydrogen-bond donors (Lipinski definition) is 1. The van der Waals surface area contributed by atoms with E-state index in [0.717, 1.165) is 36.4 Å². The summed E-state index contributed by atoms with van der Waals surface area (Å²) in [4.78, 5) is 20.1. The average molecular weight is 382 g/mol. The van der Waals surface area contributed by atoms with Gasteiger partial charge in [-0.1, -0.05) is 13.3 Å². The molecule has 1 amide bonds. The summed E-state index contributed by atoms with van der Waals surface area (Å²) in [5.74, 6) is 0.566. The number of rotatable bonds is 5. The zero-order valence-electron chi connectivity index (χ0n) is 14.4. The fourth-order valence-corrected chi connectivity index (χ4v) is 4.19. The lowest BCUT2D eigenvalue weighted by Crippen LogP contribution is -2.34. The van der Waals surface area contributed by atoms with E-state index >= 15 is 0 Å². The third kappa shape index (κ3) is 5.31. The predicted octanol–water partition coefficient (Wildman–Crippen LogP) is 3.89. The third-order valence-electron chi connectivity index (χ3n) is 4.69. The Morgan fingerprint density at radius 2 is 2.09 bits per heavy atom. The van der Waals surface area contributed by atoms with Gasteiger partial charge in [0, 0.05) is 24.4 Å². The molecule has 2 rings (SSSR count). The number of aromatic nitrogens is 1. The zero-order valence-corrected chi connectivity index (χ0v) is 16.8. The fourth-order valence-electron chi connectivity index (χ4n) is 3.08. The normalized spacial score (nSPS) is 21.3. The van der Waals surface area contributed by atoms with Crippen molar-refractivity contribution in [2.75, 3.05) is 7.05 Å². The molecule has 0 aliphatic heterocycles. The first-order valence-corrected chi connectivity index (χ1v) is 8.73. The van der Waals surface area contributed by atoms with Crippen molar-refractivity contribution in [3.05, 3.63) is 15.6 Å². The predicted molar refractivity (Wildman–Crippen MR) is 102 cm³/mol. The first-order valence-electron chi connectivity index (χ1n) is 7.91. The Morgan fingerprint density at radius 1 is 1.43 bits per heavy atom. The standard InChI is InChI=1S/C16H27N3OS.2ClH/c1-5-14-18-10(2)16(21-14)11(3)19(4)15(20)9-12-7-6-8-13(12)17;;/h11-13H,5-9,17H2,1-4H3;2*1H/t11?,12-,13+;;/m0../s1. The van der Waals surface area contributed by atoms with Crippen molar-refractivity contribution in [2.24, 2.45) is 11.7 Å². The molecule has 134 valence electrons. The first-order chi connectivity index (χ1) is 9.93. The van der Waals surface area contributed by atoms with Crippen LogP contribution in [0.2, 0.25) is 0 Å². The van der Waals surface area contributed by atoms with E-state index in [1.807, 2.05) is 18.9 Å². The van der Waals surface area contributed by atoms with Crippen LogP contribution in [0.1, 0.15) is 61.2 Å². The Bertz CT molecular complexity index is 510. The molecule has 1 aromatic rings. The second-order valence-corrected chi connectivity index (χ2v) is 7.27. The van der Waals surface area contributed by atoms with E-state index in [1.54, 1.807) is 11.3 Å². The maximum absolute atomic E-state index is 12.5. The molecule has 0 radical (unpaired) electrons. The van der Waals surface area contributed by atoms with Crippen LogP contribution in [0.5, 0.6) is 0 Å². The molecule has 0 bridgehead atoms. The highest BCUT2D eigenvalue weighted by molar-refractivity contribution is 7.11. The van der Waals surface area contributed by atoms with Crippen molar-refractivity contribution < 1.29 is 4.79 Å². The van der Waals surface area contributed by atoms with E-state index in [4.69, 9.17) is 5.73 Å². The lowest BCUT2D eigenvalue weighted by Gasteiger charge is -2.26. The number of amides is 1. The maximum atomic E-state index is 12.5. The van der Waals surface area contributed by atoms with Gasteiger partial charge in [-0.05, 0) is 39.0 Å². The van der Waals surface area contributed by atoms with Crippen LogP contribution in [-0.4, -0.2) is 28.9 Å². The van der Waals surface area contributed by atoms with Gasteiger partial charge in [0.2, 0.25) is 5.91 Å². The maximum Gasteiger partial charge on any atom is 0.223 e. The van der Waals surface area contributed by atoms with Crippen molar-refractivity contribution in [1.29, 1.82) is 0 Å². The van der Waals surface area contributed by atoms with E-state index < -0.39 is 0 Å². The van der Waals surface area contributed by atoms with Crippen LogP contribution >= 0.6 is 36.2 Å². The smallest absolute Gasteiger partial charge is 0.223 e. The van der Waals surface area contributed by atoms with Crippen LogP contribution in [0.3, 0.4) is 0 Å². The van der Waals surface area contributed by atoms with E-state index in [9.17, 15) is 4.79 Å². The van der Waals surface area contributed by atoms with E-state index in [0.29, 0.717) is 12.3 Å². The zero-order chi connectivity index (χ0) is 15.6. The van der Waals surface area contributed by atoms with Gasteiger partial charge in [0.25, 0.3) is 0 Å². The van der Waals surface area contributed by atoms with E-state index in [-0.39, 0.29) is 42.8 Å². The highest BCUT2D eigenvalue weighted by atomic mass is 35.5. The Hall–Kier alpha value is -0.360. The van der Waals surface area contributed by atoms with Gasteiger partial charge < -0.3 is 10.6 Å². The molecule has 1 aliphatic carbocycles. The van der Waals surface area contributed by atoms with Gasteiger partial charge in [-0.2, -0.15) is 0 Å². The summed E-state index contributed by atoms with van der Waals surface area (Å²) in [7, 11) is 1.90. The summed E-state index contributed by atoms with van der Waals surface area (Å²) in [6.07, 6.45) is 4.85. The number of aryl methyl sites for hydroxylation is 2. The topological polar surface area (TPSA) is 59.2 Å². The third-order valence-corrected chi connectivity index (χ3v) is 6.16. The Balaban J connectivity index is 0.00000242. The SMILES string of the molecule is CCc1nc(C)c(C(C)N(C)C(=O)C[C@@H]2CCC[C@H]2N)s1.Cl.Cl. The average Bonchev–Trinajstić information content (AvgIpc) is 3.03. The molecule has 7 heteroatoms. The van der Waals surface area contributed by atoms with Crippen LogP contribution in [0.4, 0.5) is 0 Å². The van der Waals surface area contributed by atoms with Crippen LogP contribution in [-0.2, 0) is 11.2 Å². The fraction of sp³-hybridized carbons (Fsp3) is 0.750. The molecule has 1 saturated carbocycles. The molecule has 1 heterocycles. The molecule has 0 spiro atoms. The molecule has 3 atom stereocenters. The number of thiazole rings is 1. The Kier molecular flexibility index (Phi) is 9.67. The number of carbonyl (C=O) groups is 1. The Morgan fingerprint density at radius 3 is 2.57 bits per heavy atom. The summed E-state index contributed by atoms with van der Waals surface area (Å²) >= 11 is 1.73. The van der Waals surface area contributed by atoms with Gasteiger partial charge in [-0.25, -0.2) is 4.98 Å². The molecule has 1 unspecified atom stereocenters. The second kappa shape index (κ2) is 9.82. The highest BCUT2D eigenvalue weighted by Gasteiger charge is 2.29. The van der Waals surface area contributed by atoms with Crippen LogP contribution in [0, 0.1) is 12.8 Å². The van der Waals surface area contributed by atoms with E-state index in [2.05, 4.69) is 18.8 Å². The number of halogens is 2. The number of hydrogen-bond acceptors (Lipinski definition) is 4. The van der Waals surface area contributed by atoms with E-state index in [1.165, 1.54) is 4.88 Å². The minimum Gasteiger partial charge on any atom is -0.338 e. The summed E-state index contributed by atoms with van der Waals surface area (Å²) in [5.41, 5.74) is 7.14. The monoisotopic (exact) mass is 381 g/mol. The molecule has 0 aromatic carbocycles. The number of nitrogens with two attached hydrogens (primary N) is 1. The van der Waals surface area contributed by atoms with Crippen molar-refractivity contribution >= 4 is 42.1 Å². The Labute approximate surface area is 156 Å². The van der Waals surface area contributed by atoms with Crippen molar-refractivity contribution in [1.82, 2.24) is 9.88 Å². The van der Waals surface area contributed by atoms with Crippen LogP contribution in [0.15, 0.2) is 0 Å². The minimum absolute atomic E-state index is 0. The minimum atomic E-state index is 0. The number of carbonyl (C=O) groups excluding carboxylic acids is 1. The quantitative estimate of drug-likeness (QED) is 0.840. The molecule has 1 aliphatic rings.